The normalized spacial score (nSPS) is 18.0. The lowest BCUT2D eigenvalue weighted by molar-refractivity contribution is 0.273. The maximum Gasteiger partial charge on any atom is 0.246 e. The van der Waals surface area contributed by atoms with E-state index in [2.05, 4.69) is 0 Å². The van der Waals surface area contributed by atoms with E-state index < -0.39 is 20.0 Å². The van der Waals surface area contributed by atoms with Crippen molar-refractivity contribution in [1.82, 2.24) is 8.61 Å². The minimum Gasteiger partial charge on any atom is -0.497 e. The van der Waals surface area contributed by atoms with Crippen LogP contribution >= 0.6 is 0 Å². The fraction of sp³-hybridized carbons (Fsp3) is 0.364. The molecule has 32 heavy (non-hydrogen) atoms. The minimum atomic E-state index is -3.88. The minimum absolute atomic E-state index is 0.00209. The third-order valence-corrected chi connectivity index (χ3v) is 9.82. The van der Waals surface area contributed by atoms with Gasteiger partial charge in [-0.2, -0.15) is 8.61 Å². The topological polar surface area (TPSA) is 93.2 Å². The summed E-state index contributed by atoms with van der Waals surface area (Å²) in [7, 11) is -4.67. The Bertz CT molecular complexity index is 1250. The fourth-order valence-electron chi connectivity index (χ4n) is 4.05. The van der Waals surface area contributed by atoms with Crippen molar-refractivity contribution in [3.05, 3.63) is 58.5 Å². The van der Waals surface area contributed by atoms with Gasteiger partial charge >= 0.3 is 0 Å². The molecule has 1 fully saturated rings. The summed E-state index contributed by atoms with van der Waals surface area (Å²) in [5.41, 5.74) is 2.05. The molecule has 2 aromatic rings. The predicted octanol–water partition coefficient (Wildman–Crippen LogP) is 2.33. The average Bonchev–Trinajstić information content (AvgIpc) is 2.83. The van der Waals surface area contributed by atoms with Gasteiger partial charge in [0.2, 0.25) is 20.0 Å². The number of piperazine rings is 1. The molecular formula is C22H26N2O6S2. The second-order valence-electron chi connectivity index (χ2n) is 7.63. The zero-order chi connectivity index (χ0) is 22.9. The number of nitrogens with zero attached hydrogens (tertiary/aromatic N) is 2. The van der Waals surface area contributed by atoms with Crippen LogP contribution in [-0.2, 0) is 26.5 Å². The van der Waals surface area contributed by atoms with Crippen molar-refractivity contribution in [3.63, 3.8) is 0 Å². The molecule has 0 atom stereocenters. The average molecular weight is 479 g/mol. The quantitative estimate of drug-likeness (QED) is 0.633. The first-order chi connectivity index (χ1) is 15.3. The van der Waals surface area contributed by atoms with Crippen molar-refractivity contribution in [2.75, 3.05) is 40.4 Å². The summed E-state index contributed by atoms with van der Waals surface area (Å²) in [6.07, 6.45) is 2.85. The molecule has 0 aromatic heterocycles. The first-order valence-electron chi connectivity index (χ1n) is 10.3. The van der Waals surface area contributed by atoms with E-state index in [0.717, 1.165) is 11.1 Å². The summed E-state index contributed by atoms with van der Waals surface area (Å²) in [5.74, 6) is 0.613. The van der Waals surface area contributed by atoms with Crippen molar-refractivity contribution < 1.29 is 26.3 Å². The Labute approximate surface area is 189 Å². The molecule has 0 amide bonds. The molecule has 1 saturated heterocycles. The van der Waals surface area contributed by atoms with Gasteiger partial charge in [-0.25, -0.2) is 16.8 Å². The Morgan fingerprint density at radius 1 is 0.781 bits per heavy atom. The SMILES string of the molecule is COc1ccc(OC)c(S(=O)(=O)N2CCN(S(=O)(=O)C3=Cc4ccccc4CC3)CC2)c1. The third kappa shape index (κ3) is 4.15. The lowest BCUT2D eigenvalue weighted by Crippen LogP contribution is -2.50. The summed E-state index contributed by atoms with van der Waals surface area (Å²) >= 11 is 0. The van der Waals surface area contributed by atoms with Gasteiger partial charge in [0.1, 0.15) is 16.4 Å². The highest BCUT2D eigenvalue weighted by Gasteiger charge is 2.36. The van der Waals surface area contributed by atoms with E-state index in [1.807, 2.05) is 24.3 Å². The molecule has 0 saturated carbocycles. The molecule has 1 heterocycles. The number of fused-ring (bicyclic) bond motifs is 1. The van der Waals surface area contributed by atoms with Gasteiger partial charge in [0, 0.05) is 32.2 Å². The van der Waals surface area contributed by atoms with Crippen molar-refractivity contribution in [1.29, 1.82) is 0 Å². The fourth-order valence-corrected chi connectivity index (χ4v) is 7.26. The molecule has 172 valence electrons. The number of aryl methyl sites for hydroxylation is 1. The van der Waals surface area contributed by atoms with Gasteiger partial charge in [-0.3, -0.25) is 0 Å². The molecule has 2 aliphatic rings. The molecule has 4 rings (SSSR count). The second-order valence-corrected chi connectivity index (χ2v) is 11.5. The summed E-state index contributed by atoms with van der Waals surface area (Å²) in [6, 6.07) is 12.3. The van der Waals surface area contributed by atoms with Gasteiger partial charge in [-0.15, -0.1) is 0 Å². The Morgan fingerprint density at radius 2 is 1.44 bits per heavy atom. The third-order valence-electron chi connectivity index (χ3n) is 5.87. The monoisotopic (exact) mass is 478 g/mol. The predicted molar refractivity (Wildman–Crippen MR) is 122 cm³/mol. The maximum absolute atomic E-state index is 13.2. The summed E-state index contributed by atoms with van der Waals surface area (Å²) < 4.78 is 66.0. The highest BCUT2D eigenvalue weighted by Crippen LogP contribution is 2.33. The Morgan fingerprint density at radius 3 is 2.09 bits per heavy atom. The molecule has 8 nitrogen and oxygen atoms in total. The van der Waals surface area contributed by atoms with Gasteiger partial charge in [0.05, 0.1) is 19.1 Å². The van der Waals surface area contributed by atoms with Crippen LogP contribution in [0.25, 0.3) is 6.08 Å². The number of benzene rings is 2. The standard InChI is InChI=1S/C22H26N2O6S2/c1-29-19-8-10-21(30-2)22(16-19)32(27,28)24-13-11-23(12-14-24)31(25,26)20-9-7-17-5-3-4-6-18(17)15-20/h3-6,8,10,15-16H,7,9,11-14H2,1-2H3. The van der Waals surface area contributed by atoms with Crippen LogP contribution in [-0.4, -0.2) is 65.8 Å². The number of hydrogen-bond acceptors (Lipinski definition) is 6. The Balaban J connectivity index is 1.53. The number of ether oxygens (including phenoxy) is 2. The summed E-state index contributed by atoms with van der Waals surface area (Å²) in [4.78, 5) is 0.379. The van der Waals surface area contributed by atoms with Crippen LogP contribution < -0.4 is 9.47 Å². The van der Waals surface area contributed by atoms with E-state index in [0.29, 0.717) is 23.5 Å². The van der Waals surface area contributed by atoms with E-state index in [-0.39, 0.29) is 36.8 Å². The molecule has 1 aliphatic heterocycles. The zero-order valence-electron chi connectivity index (χ0n) is 18.0. The van der Waals surface area contributed by atoms with E-state index in [9.17, 15) is 16.8 Å². The van der Waals surface area contributed by atoms with Crippen molar-refractivity contribution >= 4 is 26.1 Å². The summed E-state index contributed by atoms with van der Waals surface area (Å²) in [6.45, 7) is 0.303. The molecule has 0 spiro atoms. The molecule has 0 unspecified atom stereocenters. The lowest BCUT2D eigenvalue weighted by Gasteiger charge is -2.34. The van der Waals surface area contributed by atoms with Crippen LogP contribution in [0.4, 0.5) is 0 Å². The van der Waals surface area contributed by atoms with E-state index in [1.165, 1.54) is 28.9 Å². The van der Waals surface area contributed by atoms with E-state index >= 15 is 0 Å². The first kappa shape index (κ1) is 22.8. The highest BCUT2D eigenvalue weighted by molar-refractivity contribution is 7.93. The Hall–Kier alpha value is -2.40. The van der Waals surface area contributed by atoms with E-state index in [1.54, 1.807) is 18.2 Å². The number of allylic oxidation sites excluding steroid dienone is 1. The van der Waals surface area contributed by atoms with Crippen LogP contribution in [0, 0.1) is 0 Å². The number of methoxy groups -OCH3 is 2. The van der Waals surface area contributed by atoms with Gasteiger partial charge < -0.3 is 9.47 Å². The van der Waals surface area contributed by atoms with Crippen LogP contribution in [0.15, 0.2) is 52.3 Å². The molecule has 2 aromatic carbocycles. The second kappa shape index (κ2) is 8.86. The lowest BCUT2D eigenvalue weighted by atomic mass is 9.98. The largest absolute Gasteiger partial charge is 0.497 e. The molecule has 0 N–H and O–H groups in total. The molecule has 0 radical (unpaired) electrons. The van der Waals surface area contributed by atoms with E-state index in [4.69, 9.17) is 9.47 Å². The highest BCUT2D eigenvalue weighted by atomic mass is 32.2. The van der Waals surface area contributed by atoms with Crippen LogP contribution in [0.1, 0.15) is 17.5 Å². The molecular weight excluding hydrogens is 452 g/mol. The number of hydrogen-bond donors (Lipinski definition) is 0. The van der Waals surface area contributed by atoms with Crippen molar-refractivity contribution in [2.24, 2.45) is 0 Å². The molecule has 10 heteroatoms. The van der Waals surface area contributed by atoms with Crippen LogP contribution in [0.2, 0.25) is 0 Å². The van der Waals surface area contributed by atoms with Crippen molar-refractivity contribution in [3.8, 4) is 11.5 Å². The number of rotatable bonds is 6. The molecule has 1 aliphatic carbocycles. The van der Waals surface area contributed by atoms with Gasteiger partial charge in [-0.1, -0.05) is 24.3 Å². The van der Waals surface area contributed by atoms with Crippen LogP contribution in [0.3, 0.4) is 0 Å². The van der Waals surface area contributed by atoms with Gasteiger partial charge in [0.25, 0.3) is 0 Å². The zero-order valence-corrected chi connectivity index (χ0v) is 19.7. The maximum atomic E-state index is 13.2. The van der Waals surface area contributed by atoms with Crippen LogP contribution in [0.5, 0.6) is 11.5 Å². The first-order valence-corrected chi connectivity index (χ1v) is 13.2. The Kier molecular flexibility index (Phi) is 6.30. The molecule has 0 bridgehead atoms. The summed E-state index contributed by atoms with van der Waals surface area (Å²) in [5, 5.41) is 0. The smallest absolute Gasteiger partial charge is 0.246 e. The van der Waals surface area contributed by atoms with Crippen molar-refractivity contribution in [2.45, 2.75) is 17.7 Å². The van der Waals surface area contributed by atoms with Gasteiger partial charge in [-0.05, 0) is 42.2 Å². The van der Waals surface area contributed by atoms with Gasteiger partial charge in [0.15, 0.2) is 0 Å². The number of sulfonamides is 2.